The van der Waals surface area contributed by atoms with Crippen molar-refractivity contribution < 1.29 is 9.18 Å². The molecule has 0 radical (unpaired) electrons. The lowest BCUT2D eigenvalue weighted by atomic mass is 10.2. The lowest BCUT2D eigenvalue weighted by molar-refractivity contribution is 0.102. The average molecular weight is 307 g/mol. The SMILES string of the molecule is O=C(Nc1ccc(F)cc1)c1cc(Nc2ccccc2)ccn1. The maximum atomic E-state index is 12.9. The molecule has 23 heavy (non-hydrogen) atoms. The van der Waals surface area contributed by atoms with Crippen molar-refractivity contribution in [3.8, 4) is 0 Å². The molecule has 0 saturated heterocycles. The Hall–Kier alpha value is -3.21. The van der Waals surface area contributed by atoms with Crippen molar-refractivity contribution in [2.24, 2.45) is 0 Å². The number of para-hydroxylation sites is 1. The van der Waals surface area contributed by atoms with Crippen LogP contribution in [0.2, 0.25) is 0 Å². The van der Waals surface area contributed by atoms with E-state index in [1.807, 2.05) is 30.3 Å². The largest absolute Gasteiger partial charge is 0.355 e. The smallest absolute Gasteiger partial charge is 0.274 e. The van der Waals surface area contributed by atoms with E-state index < -0.39 is 0 Å². The van der Waals surface area contributed by atoms with E-state index in [2.05, 4.69) is 15.6 Å². The van der Waals surface area contributed by atoms with Crippen LogP contribution < -0.4 is 10.6 Å². The van der Waals surface area contributed by atoms with Crippen molar-refractivity contribution in [1.82, 2.24) is 4.98 Å². The topological polar surface area (TPSA) is 54.0 Å². The zero-order valence-corrected chi connectivity index (χ0v) is 12.2. The van der Waals surface area contributed by atoms with Crippen LogP contribution in [0.15, 0.2) is 72.9 Å². The Kier molecular flexibility index (Phi) is 4.29. The van der Waals surface area contributed by atoms with Gasteiger partial charge < -0.3 is 10.6 Å². The van der Waals surface area contributed by atoms with Gasteiger partial charge in [-0.1, -0.05) is 18.2 Å². The molecule has 0 bridgehead atoms. The summed E-state index contributed by atoms with van der Waals surface area (Å²) in [5.74, 6) is -0.705. The minimum atomic E-state index is -0.353. The summed E-state index contributed by atoms with van der Waals surface area (Å²) in [5, 5.41) is 5.88. The van der Waals surface area contributed by atoms with Crippen molar-refractivity contribution in [2.75, 3.05) is 10.6 Å². The number of halogens is 1. The van der Waals surface area contributed by atoms with Crippen LogP contribution in [0.1, 0.15) is 10.5 Å². The van der Waals surface area contributed by atoms with Gasteiger partial charge in [0, 0.05) is 23.3 Å². The van der Waals surface area contributed by atoms with Gasteiger partial charge in [0.1, 0.15) is 11.5 Å². The van der Waals surface area contributed by atoms with Crippen LogP contribution >= 0.6 is 0 Å². The number of anilines is 3. The molecule has 0 aliphatic rings. The summed E-state index contributed by atoms with van der Waals surface area (Å²) in [5.41, 5.74) is 2.47. The molecule has 2 aromatic carbocycles. The van der Waals surface area contributed by atoms with Crippen LogP contribution in [0.4, 0.5) is 21.5 Å². The number of carbonyl (C=O) groups excluding carboxylic acids is 1. The van der Waals surface area contributed by atoms with E-state index in [0.717, 1.165) is 11.4 Å². The van der Waals surface area contributed by atoms with E-state index in [9.17, 15) is 9.18 Å². The van der Waals surface area contributed by atoms with Gasteiger partial charge in [-0.2, -0.15) is 0 Å². The zero-order chi connectivity index (χ0) is 16.1. The number of aromatic nitrogens is 1. The number of amides is 1. The minimum Gasteiger partial charge on any atom is -0.355 e. The number of benzene rings is 2. The molecule has 1 amide bonds. The van der Waals surface area contributed by atoms with Crippen molar-refractivity contribution in [1.29, 1.82) is 0 Å². The van der Waals surface area contributed by atoms with E-state index in [0.29, 0.717) is 5.69 Å². The fourth-order valence-electron chi connectivity index (χ4n) is 2.05. The van der Waals surface area contributed by atoms with Gasteiger partial charge in [0.2, 0.25) is 0 Å². The normalized spacial score (nSPS) is 10.1. The first-order valence-electron chi connectivity index (χ1n) is 7.06. The highest BCUT2D eigenvalue weighted by molar-refractivity contribution is 6.03. The predicted octanol–water partition coefficient (Wildman–Crippen LogP) is 4.22. The van der Waals surface area contributed by atoms with E-state index in [4.69, 9.17) is 0 Å². The maximum absolute atomic E-state index is 12.9. The van der Waals surface area contributed by atoms with Crippen molar-refractivity contribution in [3.05, 3.63) is 84.4 Å². The van der Waals surface area contributed by atoms with Gasteiger partial charge in [0.25, 0.3) is 5.91 Å². The van der Waals surface area contributed by atoms with E-state index in [1.54, 1.807) is 18.3 Å². The van der Waals surface area contributed by atoms with Gasteiger partial charge >= 0.3 is 0 Å². The van der Waals surface area contributed by atoms with Gasteiger partial charge in [0.05, 0.1) is 0 Å². The highest BCUT2D eigenvalue weighted by atomic mass is 19.1. The summed E-state index contributed by atoms with van der Waals surface area (Å²) in [6, 6.07) is 18.6. The lowest BCUT2D eigenvalue weighted by Crippen LogP contribution is -2.13. The summed E-state index contributed by atoms with van der Waals surface area (Å²) in [6.45, 7) is 0. The number of hydrogen-bond acceptors (Lipinski definition) is 3. The third kappa shape index (κ3) is 3.91. The number of pyridine rings is 1. The van der Waals surface area contributed by atoms with Crippen LogP contribution in [-0.2, 0) is 0 Å². The van der Waals surface area contributed by atoms with Gasteiger partial charge in [-0.15, -0.1) is 0 Å². The highest BCUT2D eigenvalue weighted by Gasteiger charge is 2.08. The third-order valence-electron chi connectivity index (χ3n) is 3.16. The molecule has 1 aromatic heterocycles. The van der Waals surface area contributed by atoms with Crippen molar-refractivity contribution in [3.63, 3.8) is 0 Å². The Morgan fingerprint density at radius 2 is 1.61 bits per heavy atom. The second kappa shape index (κ2) is 6.70. The lowest BCUT2D eigenvalue weighted by Gasteiger charge is -2.08. The molecule has 0 unspecified atom stereocenters. The molecule has 1 heterocycles. The highest BCUT2D eigenvalue weighted by Crippen LogP contribution is 2.17. The standard InChI is InChI=1S/C18H14FN3O/c19-13-6-8-15(9-7-13)22-18(23)17-12-16(10-11-20-17)21-14-4-2-1-3-5-14/h1-12H,(H,20,21)(H,22,23). The average Bonchev–Trinajstić information content (AvgIpc) is 2.58. The van der Waals surface area contributed by atoms with Gasteiger partial charge in [-0.3, -0.25) is 9.78 Å². The Morgan fingerprint density at radius 1 is 0.870 bits per heavy atom. The van der Waals surface area contributed by atoms with Crippen LogP contribution in [0.5, 0.6) is 0 Å². The Labute approximate surface area is 133 Å². The number of hydrogen-bond donors (Lipinski definition) is 2. The third-order valence-corrected chi connectivity index (χ3v) is 3.16. The molecule has 3 rings (SSSR count). The monoisotopic (exact) mass is 307 g/mol. The molecule has 0 aliphatic carbocycles. The summed E-state index contributed by atoms with van der Waals surface area (Å²) in [7, 11) is 0. The van der Waals surface area contributed by atoms with Gasteiger partial charge in [0.15, 0.2) is 0 Å². The fourth-order valence-corrected chi connectivity index (χ4v) is 2.05. The number of nitrogens with one attached hydrogen (secondary N) is 2. The van der Waals surface area contributed by atoms with Crippen LogP contribution in [0, 0.1) is 5.82 Å². The zero-order valence-electron chi connectivity index (χ0n) is 12.2. The molecule has 0 aliphatic heterocycles. The van der Waals surface area contributed by atoms with Gasteiger partial charge in [-0.25, -0.2) is 4.39 Å². The van der Waals surface area contributed by atoms with E-state index in [-0.39, 0.29) is 17.4 Å². The number of carbonyl (C=O) groups is 1. The summed E-state index contributed by atoms with van der Waals surface area (Å²) >= 11 is 0. The Bertz CT molecular complexity index is 804. The molecule has 3 aromatic rings. The van der Waals surface area contributed by atoms with Crippen molar-refractivity contribution in [2.45, 2.75) is 0 Å². The molecular formula is C18H14FN3O. The molecule has 0 fully saturated rings. The second-order valence-electron chi connectivity index (χ2n) is 4.88. The molecular weight excluding hydrogens is 293 g/mol. The fraction of sp³-hybridized carbons (Fsp3) is 0. The second-order valence-corrected chi connectivity index (χ2v) is 4.88. The van der Waals surface area contributed by atoms with Crippen LogP contribution in [0.25, 0.3) is 0 Å². The Morgan fingerprint density at radius 3 is 2.35 bits per heavy atom. The van der Waals surface area contributed by atoms with Gasteiger partial charge in [-0.05, 0) is 48.5 Å². The molecule has 5 heteroatoms. The minimum absolute atomic E-state index is 0.273. The predicted molar refractivity (Wildman–Crippen MR) is 88.3 cm³/mol. The summed E-state index contributed by atoms with van der Waals surface area (Å²) in [6.07, 6.45) is 1.56. The first-order valence-corrected chi connectivity index (χ1v) is 7.06. The van der Waals surface area contributed by atoms with E-state index >= 15 is 0 Å². The van der Waals surface area contributed by atoms with Crippen LogP contribution in [-0.4, -0.2) is 10.9 Å². The molecule has 0 saturated carbocycles. The first kappa shape index (κ1) is 14.7. The summed E-state index contributed by atoms with van der Waals surface area (Å²) in [4.78, 5) is 16.3. The maximum Gasteiger partial charge on any atom is 0.274 e. The molecule has 0 atom stereocenters. The number of rotatable bonds is 4. The molecule has 2 N–H and O–H groups in total. The summed E-state index contributed by atoms with van der Waals surface area (Å²) < 4.78 is 12.9. The van der Waals surface area contributed by atoms with Crippen LogP contribution in [0.3, 0.4) is 0 Å². The van der Waals surface area contributed by atoms with E-state index in [1.165, 1.54) is 24.3 Å². The molecule has 114 valence electrons. The molecule has 0 spiro atoms. The Balaban J connectivity index is 1.73. The quantitative estimate of drug-likeness (QED) is 0.759. The first-order chi connectivity index (χ1) is 11.2. The molecule has 4 nitrogen and oxygen atoms in total. The number of nitrogens with zero attached hydrogens (tertiary/aromatic N) is 1. The van der Waals surface area contributed by atoms with Crippen molar-refractivity contribution >= 4 is 23.0 Å².